The number of likely N-dealkylation sites (tertiary alicyclic amines) is 1. The molecule has 18 heavy (non-hydrogen) atoms. The van der Waals surface area contributed by atoms with E-state index in [-0.39, 0.29) is 6.09 Å². The van der Waals surface area contributed by atoms with Gasteiger partial charge in [-0.25, -0.2) is 4.79 Å². The minimum Gasteiger partial charge on any atom is -0.444 e. The highest BCUT2D eigenvalue weighted by atomic mass is 16.6. The fourth-order valence-electron chi connectivity index (χ4n) is 2.84. The second kappa shape index (κ2) is 4.64. The van der Waals surface area contributed by atoms with E-state index in [0.717, 1.165) is 25.9 Å². The van der Waals surface area contributed by atoms with Gasteiger partial charge in [-0.1, -0.05) is 5.57 Å². The summed E-state index contributed by atoms with van der Waals surface area (Å²) in [7, 11) is 0. The van der Waals surface area contributed by atoms with E-state index >= 15 is 0 Å². The molecule has 1 aliphatic heterocycles. The van der Waals surface area contributed by atoms with Gasteiger partial charge in [0.05, 0.1) is 6.07 Å². The Balaban J connectivity index is 1.91. The Kier molecular flexibility index (Phi) is 3.34. The number of rotatable bonds is 0. The van der Waals surface area contributed by atoms with Crippen LogP contribution in [0.4, 0.5) is 4.79 Å². The van der Waals surface area contributed by atoms with Crippen LogP contribution < -0.4 is 0 Å². The molecule has 2 atom stereocenters. The molecule has 1 heterocycles. The summed E-state index contributed by atoms with van der Waals surface area (Å²) >= 11 is 0. The lowest BCUT2D eigenvalue weighted by Crippen LogP contribution is -2.35. The molecule has 1 saturated heterocycles. The Morgan fingerprint density at radius 1 is 1.39 bits per heavy atom. The third kappa shape index (κ3) is 2.84. The number of fused-ring (bicyclic) bond motifs is 1. The summed E-state index contributed by atoms with van der Waals surface area (Å²) in [5, 5.41) is 8.65. The summed E-state index contributed by atoms with van der Waals surface area (Å²) in [5.41, 5.74) is 0.803. The predicted octanol–water partition coefficient (Wildman–Crippen LogP) is 2.71. The molecular formula is C14H20N2O2. The van der Waals surface area contributed by atoms with E-state index in [4.69, 9.17) is 10.00 Å². The third-order valence-electron chi connectivity index (χ3n) is 3.55. The van der Waals surface area contributed by atoms with Crippen molar-refractivity contribution in [3.05, 3.63) is 11.6 Å². The molecule has 4 heteroatoms. The van der Waals surface area contributed by atoms with Crippen LogP contribution in [0.15, 0.2) is 11.6 Å². The van der Waals surface area contributed by atoms with E-state index in [9.17, 15) is 4.79 Å². The predicted molar refractivity (Wildman–Crippen MR) is 67.7 cm³/mol. The normalized spacial score (nSPS) is 29.2. The molecule has 1 saturated carbocycles. The van der Waals surface area contributed by atoms with Gasteiger partial charge in [-0.3, -0.25) is 0 Å². The van der Waals surface area contributed by atoms with E-state index in [1.54, 1.807) is 6.08 Å². The lowest BCUT2D eigenvalue weighted by molar-refractivity contribution is 0.0282. The number of hydrogen-bond donors (Lipinski definition) is 0. The van der Waals surface area contributed by atoms with Crippen molar-refractivity contribution in [1.29, 1.82) is 5.26 Å². The van der Waals surface area contributed by atoms with Gasteiger partial charge in [0.1, 0.15) is 5.60 Å². The van der Waals surface area contributed by atoms with Gasteiger partial charge >= 0.3 is 6.09 Å². The van der Waals surface area contributed by atoms with Gasteiger partial charge in [-0.05, 0) is 45.4 Å². The van der Waals surface area contributed by atoms with Gasteiger partial charge in [0.2, 0.25) is 0 Å². The van der Waals surface area contributed by atoms with Crippen molar-refractivity contribution in [3.63, 3.8) is 0 Å². The van der Waals surface area contributed by atoms with Crippen molar-refractivity contribution < 1.29 is 9.53 Å². The third-order valence-corrected chi connectivity index (χ3v) is 3.55. The maximum Gasteiger partial charge on any atom is 0.410 e. The number of carbonyl (C=O) groups excluding carboxylic acids is 1. The summed E-state index contributed by atoms with van der Waals surface area (Å²) < 4.78 is 5.38. The Labute approximate surface area is 108 Å². The van der Waals surface area contributed by atoms with Gasteiger partial charge in [0.25, 0.3) is 0 Å². The Bertz CT molecular complexity index is 398. The van der Waals surface area contributed by atoms with Crippen LogP contribution in [-0.4, -0.2) is 29.7 Å². The molecule has 1 aliphatic carbocycles. The molecule has 1 amide bonds. The lowest BCUT2D eigenvalue weighted by Gasteiger charge is -2.24. The topological polar surface area (TPSA) is 53.3 Å². The first-order chi connectivity index (χ1) is 8.39. The number of allylic oxidation sites excluding steroid dienone is 2. The molecule has 1 unspecified atom stereocenters. The summed E-state index contributed by atoms with van der Waals surface area (Å²) in [6.45, 7) is 7.19. The maximum absolute atomic E-state index is 11.9. The number of ether oxygens (including phenoxy) is 1. The Morgan fingerprint density at radius 2 is 1.94 bits per heavy atom. The Hall–Kier alpha value is -1.50. The van der Waals surface area contributed by atoms with Crippen molar-refractivity contribution in [2.24, 2.45) is 11.8 Å². The molecule has 4 nitrogen and oxygen atoms in total. The molecule has 0 aromatic heterocycles. The SMILES string of the molecule is CC(C)(C)OC(=O)N1CC2CC(=CC#N)C[C@@H]2C1. The highest BCUT2D eigenvalue weighted by Gasteiger charge is 2.41. The van der Waals surface area contributed by atoms with Crippen LogP contribution in [0.3, 0.4) is 0 Å². The Morgan fingerprint density at radius 3 is 2.39 bits per heavy atom. The standard InChI is InChI=1S/C14H20N2O2/c1-14(2,3)18-13(17)16-8-11-6-10(4-5-15)7-12(11)9-16/h4,11-12H,6-9H2,1-3H3/t11-,12?/m1/s1. The molecule has 0 bridgehead atoms. The first kappa shape index (κ1) is 12.9. The van der Waals surface area contributed by atoms with Crippen LogP contribution in [0.1, 0.15) is 33.6 Å². The molecule has 0 aromatic rings. The molecule has 0 spiro atoms. The van der Waals surface area contributed by atoms with Gasteiger partial charge < -0.3 is 9.64 Å². The maximum atomic E-state index is 11.9. The second-order valence-corrected chi connectivity index (χ2v) is 6.25. The monoisotopic (exact) mass is 248 g/mol. The number of nitriles is 1. The minimum atomic E-state index is -0.430. The second-order valence-electron chi connectivity index (χ2n) is 6.25. The summed E-state index contributed by atoms with van der Waals surface area (Å²) in [4.78, 5) is 13.7. The van der Waals surface area contributed by atoms with Crippen LogP contribution >= 0.6 is 0 Å². The van der Waals surface area contributed by atoms with Crippen LogP contribution in [0.25, 0.3) is 0 Å². The molecular weight excluding hydrogens is 228 g/mol. The van der Waals surface area contributed by atoms with E-state index in [2.05, 4.69) is 6.07 Å². The minimum absolute atomic E-state index is 0.206. The zero-order valence-corrected chi connectivity index (χ0v) is 11.3. The smallest absolute Gasteiger partial charge is 0.410 e. The van der Waals surface area contributed by atoms with Crippen molar-refractivity contribution in [3.8, 4) is 6.07 Å². The van der Waals surface area contributed by atoms with Gasteiger partial charge in [0, 0.05) is 19.2 Å². The molecule has 98 valence electrons. The van der Waals surface area contributed by atoms with Crippen LogP contribution in [0.2, 0.25) is 0 Å². The van der Waals surface area contributed by atoms with E-state index in [1.807, 2.05) is 25.7 Å². The lowest BCUT2D eigenvalue weighted by atomic mass is 10.0. The summed E-state index contributed by atoms with van der Waals surface area (Å²) in [6.07, 6.45) is 3.37. The molecule has 2 rings (SSSR count). The quantitative estimate of drug-likeness (QED) is 0.619. The van der Waals surface area contributed by atoms with Gasteiger partial charge in [0.15, 0.2) is 0 Å². The average molecular weight is 248 g/mol. The number of nitrogens with zero attached hydrogens (tertiary/aromatic N) is 2. The molecule has 0 aromatic carbocycles. The summed E-state index contributed by atoms with van der Waals surface area (Å²) in [5.74, 6) is 1.02. The highest BCUT2D eigenvalue weighted by molar-refractivity contribution is 5.68. The van der Waals surface area contributed by atoms with E-state index < -0.39 is 5.60 Å². The zero-order valence-electron chi connectivity index (χ0n) is 11.3. The molecule has 2 aliphatic rings. The average Bonchev–Trinajstić information content (AvgIpc) is 2.72. The first-order valence-electron chi connectivity index (χ1n) is 6.44. The van der Waals surface area contributed by atoms with Crippen molar-refractivity contribution in [2.75, 3.05) is 13.1 Å². The summed E-state index contributed by atoms with van der Waals surface area (Å²) in [6, 6.07) is 2.10. The molecule has 0 N–H and O–H groups in total. The highest BCUT2D eigenvalue weighted by Crippen LogP contribution is 2.41. The van der Waals surface area contributed by atoms with E-state index in [0.29, 0.717) is 11.8 Å². The zero-order chi connectivity index (χ0) is 13.3. The first-order valence-corrected chi connectivity index (χ1v) is 6.44. The van der Waals surface area contributed by atoms with Gasteiger partial charge in [-0.15, -0.1) is 0 Å². The van der Waals surface area contributed by atoms with Crippen LogP contribution in [0.5, 0.6) is 0 Å². The number of carbonyl (C=O) groups is 1. The fraction of sp³-hybridized carbons (Fsp3) is 0.714. The largest absolute Gasteiger partial charge is 0.444 e. The van der Waals surface area contributed by atoms with Crippen molar-refractivity contribution in [1.82, 2.24) is 4.90 Å². The van der Waals surface area contributed by atoms with Crippen LogP contribution in [0, 0.1) is 23.2 Å². The fourth-order valence-corrected chi connectivity index (χ4v) is 2.84. The number of hydrogen-bond acceptors (Lipinski definition) is 3. The van der Waals surface area contributed by atoms with Crippen LogP contribution in [-0.2, 0) is 4.74 Å². The molecule has 2 fully saturated rings. The van der Waals surface area contributed by atoms with E-state index in [1.165, 1.54) is 5.57 Å². The van der Waals surface area contributed by atoms with Gasteiger partial charge in [-0.2, -0.15) is 5.26 Å². The van der Waals surface area contributed by atoms with Crippen molar-refractivity contribution in [2.45, 2.75) is 39.2 Å². The molecule has 0 radical (unpaired) electrons. The van der Waals surface area contributed by atoms with Crippen molar-refractivity contribution >= 4 is 6.09 Å². The number of amides is 1.